The van der Waals surface area contributed by atoms with Gasteiger partial charge in [-0.25, -0.2) is 15.0 Å². The standard InChI is InChI=1S/C25H28F3N5O2S/c1-16-20-22(32-18-11-10-13-29-23(18)35-17(2)25(26,27)28)30-15-31-24(20)36-21(16)19(34)12-8-6-5-7-9-14-33(3)4/h10-11,13,15,17H,5-6,8,12,14H2,1-4H3,(H,30,31,32). The fraction of sp³-hybridized carbons (Fsp3) is 0.440. The van der Waals surface area contributed by atoms with Gasteiger partial charge in [-0.05, 0) is 58.5 Å². The molecule has 192 valence electrons. The van der Waals surface area contributed by atoms with Crippen LogP contribution in [0.4, 0.5) is 24.7 Å². The maximum atomic E-state index is 13.0. The van der Waals surface area contributed by atoms with Gasteiger partial charge in [0, 0.05) is 19.0 Å². The number of carbonyl (C=O) groups excluding carboxylic acids is 1. The minimum absolute atomic E-state index is 0.0205. The van der Waals surface area contributed by atoms with Crippen LogP contribution in [0, 0.1) is 18.8 Å². The molecule has 0 amide bonds. The predicted octanol–water partition coefficient (Wildman–Crippen LogP) is 5.78. The number of aromatic nitrogens is 3. The molecule has 0 aliphatic heterocycles. The molecule has 0 aliphatic rings. The molecule has 3 heterocycles. The van der Waals surface area contributed by atoms with Crippen LogP contribution in [0.2, 0.25) is 0 Å². The van der Waals surface area contributed by atoms with Crippen molar-refractivity contribution in [3.63, 3.8) is 0 Å². The Morgan fingerprint density at radius 1 is 1.22 bits per heavy atom. The summed E-state index contributed by atoms with van der Waals surface area (Å²) in [7, 11) is 3.92. The van der Waals surface area contributed by atoms with Crippen molar-refractivity contribution in [1.82, 2.24) is 19.9 Å². The Morgan fingerprint density at radius 2 is 2.00 bits per heavy atom. The summed E-state index contributed by atoms with van der Waals surface area (Å²) >= 11 is 1.28. The number of carbonyl (C=O) groups is 1. The van der Waals surface area contributed by atoms with Gasteiger partial charge in [0.1, 0.15) is 22.7 Å². The summed E-state index contributed by atoms with van der Waals surface area (Å²) in [6, 6.07) is 3.13. The Balaban J connectivity index is 1.75. The van der Waals surface area contributed by atoms with E-state index in [9.17, 15) is 18.0 Å². The maximum Gasteiger partial charge on any atom is 0.425 e. The van der Waals surface area contributed by atoms with Gasteiger partial charge in [-0.1, -0.05) is 5.92 Å². The Labute approximate surface area is 212 Å². The first kappa shape index (κ1) is 27.4. The summed E-state index contributed by atoms with van der Waals surface area (Å²) in [4.78, 5) is 28.6. The first-order valence-electron chi connectivity index (χ1n) is 11.4. The third kappa shape index (κ3) is 7.15. The van der Waals surface area contributed by atoms with Gasteiger partial charge >= 0.3 is 6.18 Å². The number of anilines is 2. The van der Waals surface area contributed by atoms with E-state index in [1.165, 1.54) is 23.9 Å². The summed E-state index contributed by atoms with van der Waals surface area (Å²) in [6.45, 7) is 3.45. The van der Waals surface area contributed by atoms with E-state index >= 15 is 0 Å². The average molecular weight is 520 g/mol. The lowest BCUT2D eigenvalue weighted by Gasteiger charge is -2.19. The molecular weight excluding hydrogens is 491 g/mol. The maximum absolute atomic E-state index is 13.0. The first-order valence-corrected chi connectivity index (χ1v) is 12.2. The normalized spacial score (nSPS) is 12.3. The van der Waals surface area contributed by atoms with Crippen molar-refractivity contribution in [3.8, 4) is 17.7 Å². The number of thiophene rings is 1. The van der Waals surface area contributed by atoms with Crippen LogP contribution < -0.4 is 10.1 Å². The minimum atomic E-state index is -4.53. The molecule has 0 aliphatic carbocycles. The van der Waals surface area contributed by atoms with Crippen molar-refractivity contribution in [3.05, 3.63) is 35.1 Å². The zero-order valence-corrected chi connectivity index (χ0v) is 21.4. The number of Topliss-reactive ketones (excluding diaryl/α,β-unsaturated/α-hetero) is 1. The number of ketones is 1. The molecule has 0 saturated carbocycles. The number of pyridine rings is 1. The minimum Gasteiger partial charge on any atom is -0.464 e. The zero-order chi connectivity index (χ0) is 26.3. The van der Waals surface area contributed by atoms with E-state index in [0.717, 1.165) is 31.7 Å². The van der Waals surface area contributed by atoms with E-state index < -0.39 is 12.3 Å². The van der Waals surface area contributed by atoms with Crippen molar-refractivity contribution in [2.45, 2.75) is 51.8 Å². The van der Waals surface area contributed by atoms with E-state index in [2.05, 4.69) is 32.1 Å². The monoisotopic (exact) mass is 519 g/mol. The molecule has 0 spiro atoms. The van der Waals surface area contributed by atoms with Crippen molar-refractivity contribution in [2.75, 3.05) is 26.0 Å². The summed E-state index contributed by atoms with van der Waals surface area (Å²) in [6.07, 6.45) is -1.17. The molecule has 11 heteroatoms. The topological polar surface area (TPSA) is 80.2 Å². The van der Waals surface area contributed by atoms with Crippen LogP contribution in [0.5, 0.6) is 5.88 Å². The Bertz CT molecular complexity index is 1260. The van der Waals surface area contributed by atoms with Gasteiger partial charge in [0.2, 0.25) is 5.88 Å². The van der Waals surface area contributed by atoms with Gasteiger partial charge in [0.25, 0.3) is 0 Å². The lowest BCUT2D eigenvalue weighted by atomic mass is 10.1. The second kappa shape index (κ2) is 12.1. The van der Waals surface area contributed by atoms with E-state index in [0.29, 0.717) is 33.9 Å². The second-order valence-corrected chi connectivity index (χ2v) is 9.46. The third-order valence-electron chi connectivity index (χ3n) is 5.23. The van der Waals surface area contributed by atoms with Crippen LogP contribution in [0.25, 0.3) is 10.2 Å². The van der Waals surface area contributed by atoms with Gasteiger partial charge in [0.15, 0.2) is 11.9 Å². The highest BCUT2D eigenvalue weighted by molar-refractivity contribution is 7.20. The fourth-order valence-corrected chi connectivity index (χ4v) is 4.41. The molecular formula is C25H28F3N5O2S. The van der Waals surface area contributed by atoms with Gasteiger partial charge in [-0.15, -0.1) is 17.3 Å². The van der Waals surface area contributed by atoms with E-state index in [-0.39, 0.29) is 17.4 Å². The smallest absolute Gasteiger partial charge is 0.425 e. The molecule has 36 heavy (non-hydrogen) atoms. The molecule has 0 radical (unpaired) electrons. The molecule has 0 saturated heterocycles. The number of halogens is 3. The largest absolute Gasteiger partial charge is 0.464 e. The fourth-order valence-electron chi connectivity index (χ4n) is 3.29. The molecule has 1 N–H and O–H groups in total. The Hall–Kier alpha value is -3.23. The molecule has 3 aromatic heterocycles. The number of hydrogen-bond donors (Lipinski definition) is 1. The van der Waals surface area contributed by atoms with Crippen LogP contribution >= 0.6 is 11.3 Å². The molecule has 3 rings (SSSR count). The second-order valence-electron chi connectivity index (χ2n) is 8.46. The van der Waals surface area contributed by atoms with Gasteiger partial charge in [-0.3, -0.25) is 9.69 Å². The molecule has 0 bridgehead atoms. The predicted molar refractivity (Wildman–Crippen MR) is 135 cm³/mol. The number of hydrogen-bond acceptors (Lipinski definition) is 8. The summed E-state index contributed by atoms with van der Waals surface area (Å²) < 4.78 is 44.0. The highest BCUT2D eigenvalue weighted by Crippen LogP contribution is 2.37. The van der Waals surface area contributed by atoms with Crippen molar-refractivity contribution < 1.29 is 22.7 Å². The van der Waals surface area contributed by atoms with Crippen LogP contribution in [-0.4, -0.2) is 58.6 Å². The number of nitrogens with one attached hydrogen (secondary N) is 1. The van der Waals surface area contributed by atoms with Gasteiger partial charge < -0.3 is 10.1 Å². The van der Waals surface area contributed by atoms with Crippen LogP contribution in [-0.2, 0) is 0 Å². The van der Waals surface area contributed by atoms with Crippen LogP contribution in [0.15, 0.2) is 24.7 Å². The van der Waals surface area contributed by atoms with E-state index in [4.69, 9.17) is 4.74 Å². The Kier molecular flexibility index (Phi) is 9.23. The van der Waals surface area contributed by atoms with Crippen molar-refractivity contribution >= 4 is 38.8 Å². The number of aryl methyl sites for hydroxylation is 1. The van der Waals surface area contributed by atoms with Gasteiger partial charge in [0.05, 0.1) is 16.8 Å². The summed E-state index contributed by atoms with van der Waals surface area (Å²) in [5, 5.41) is 3.65. The number of alkyl halides is 3. The lowest BCUT2D eigenvalue weighted by molar-refractivity contribution is -0.189. The van der Waals surface area contributed by atoms with E-state index in [1.807, 2.05) is 25.9 Å². The SMILES string of the molecule is Cc1c(C(=O)CCCCC#CCN(C)C)sc2ncnc(Nc3cccnc3OC(C)C(F)(F)F)c12. The number of nitrogens with zero attached hydrogens (tertiary/aromatic N) is 4. The third-order valence-corrected chi connectivity index (χ3v) is 6.47. The lowest BCUT2D eigenvalue weighted by Crippen LogP contribution is -2.31. The molecule has 1 unspecified atom stereocenters. The highest BCUT2D eigenvalue weighted by atomic mass is 32.1. The number of fused-ring (bicyclic) bond motifs is 1. The Morgan fingerprint density at radius 3 is 2.72 bits per heavy atom. The number of rotatable bonds is 10. The van der Waals surface area contributed by atoms with E-state index in [1.54, 1.807) is 12.1 Å². The number of unbranched alkanes of at least 4 members (excludes halogenated alkanes) is 2. The first-order chi connectivity index (χ1) is 17.1. The zero-order valence-electron chi connectivity index (χ0n) is 20.6. The summed E-state index contributed by atoms with van der Waals surface area (Å²) in [5.74, 6) is 6.38. The van der Waals surface area contributed by atoms with Crippen LogP contribution in [0.3, 0.4) is 0 Å². The molecule has 1 atom stereocenters. The molecule has 3 aromatic rings. The van der Waals surface area contributed by atoms with Crippen molar-refractivity contribution in [2.24, 2.45) is 0 Å². The van der Waals surface area contributed by atoms with Gasteiger partial charge in [-0.2, -0.15) is 13.2 Å². The highest BCUT2D eigenvalue weighted by Gasteiger charge is 2.38. The molecule has 0 fully saturated rings. The molecule has 0 aromatic carbocycles. The molecule has 7 nitrogen and oxygen atoms in total. The number of ether oxygens (including phenoxy) is 1. The summed E-state index contributed by atoms with van der Waals surface area (Å²) in [5.41, 5.74) is 0.950. The van der Waals surface area contributed by atoms with Crippen LogP contribution in [0.1, 0.15) is 47.8 Å². The van der Waals surface area contributed by atoms with Crippen molar-refractivity contribution in [1.29, 1.82) is 0 Å². The average Bonchev–Trinajstić information content (AvgIpc) is 3.16. The quantitative estimate of drug-likeness (QED) is 0.207.